The molecule has 1 aromatic rings. The van der Waals surface area contributed by atoms with Gasteiger partial charge in [-0.3, -0.25) is 0 Å². The first-order valence-electron chi connectivity index (χ1n) is 8.47. The van der Waals surface area contributed by atoms with Crippen molar-refractivity contribution < 1.29 is 14.3 Å². The lowest BCUT2D eigenvalue weighted by Gasteiger charge is -2.34. The number of anilines is 1. The van der Waals surface area contributed by atoms with Crippen LogP contribution < -0.4 is 15.0 Å². The predicted octanol–water partition coefficient (Wildman–Crippen LogP) is 2.76. The fraction of sp³-hybridized carbons (Fsp3) is 0.706. The van der Waals surface area contributed by atoms with Gasteiger partial charge in [-0.2, -0.15) is 0 Å². The van der Waals surface area contributed by atoms with Crippen LogP contribution in [0.15, 0.2) is 12.4 Å². The second-order valence-electron chi connectivity index (χ2n) is 7.28. The van der Waals surface area contributed by atoms with Crippen molar-refractivity contribution in [3.8, 4) is 5.88 Å². The predicted molar refractivity (Wildman–Crippen MR) is 92.4 cm³/mol. The molecule has 2 heterocycles. The number of alkyl carbamates (subject to hydrolysis) is 1. The van der Waals surface area contributed by atoms with Crippen molar-refractivity contribution in [2.75, 3.05) is 18.0 Å². The van der Waals surface area contributed by atoms with Crippen LogP contribution in [0.2, 0.25) is 0 Å². The Morgan fingerprint density at radius 2 is 2.04 bits per heavy atom. The van der Waals surface area contributed by atoms with Gasteiger partial charge in [0.2, 0.25) is 0 Å². The molecule has 7 nitrogen and oxygen atoms in total. The zero-order chi connectivity index (χ0) is 17.7. The Morgan fingerprint density at radius 3 is 2.71 bits per heavy atom. The minimum absolute atomic E-state index is 0.0162. The van der Waals surface area contributed by atoms with Crippen LogP contribution in [0, 0.1) is 0 Å². The standard InChI is InChI=1S/C17H28N4O3/c1-12(2)23-15-14(18-8-9-19-15)21-10-6-7-13(11-21)20-16(22)24-17(3,4)5/h8-9,12-13H,6-7,10-11H2,1-5H3,(H,20,22). The zero-order valence-electron chi connectivity index (χ0n) is 15.2. The molecule has 134 valence electrons. The van der Waals surface area contributed by atoms with Crippen molar-refractivity contribution in [1.29, 1.82) is 0 Å². The molecule has 0 spiro atoms. The summed E-state index contributed by atoms with van der Waals surface area (Å²) in [4.78, 5) is 22.8. The zero-order valence-corrected chi connectivity index (χ0v) is 15.2. The number of aromatic nitrogens is 2. The van der Waals surface area contributed by atoms with Crippen molar-refractivity contribution in [3.63, 3.8) is 0 Å². The minimum Gasteiger partial charge on any atom is -0.472 e. The van der Waals surface area contributed by atoms with E-state index in [1.54, 1.807) is 12.4 Å². The molecule has 1 atom stereocenters. The highest BCUT2D eigenvalue weighted by Crippen LogP contribution is 2.26. The molecule has 0 aliphatic carbocycles. The highest BCUT2D eigenvalue weighted by atomic mass is 16.6. The summed E-state index contributed by atoms with van der Waals surface area (Å²) in [5, 5.41) is 2.94. The summed E-state index contributed by atoms with van der Waals surface area (Å²) in [6.07, 6.45) is 4.80. The van der Waals surface area contributed by atoms with Crippen molar-refractivity contribution in [1.82, 2.24) is 15.3 Å². The molecule has 1 N–H and O–H groups in total. The van der Waals surface area contributed by atoms with E-state index in [9.17, 15) is 4.79 Å². The number of nitrogens with zero attached hydrogens (tertiary/aromatic N) is 3. The Morgan fingerprint density at radius 1 is 1.33 bits per heavy atom. The lowest BCUT2D eigenvalue weighted by molar-refractivity contribution is 0.0500. The number of ether oxygens (including phenoxy) is 2. The van der Waals surface area contributed by atoms with Gasteiger partial charge in [-0.25, -0.2) is 14.8 Å². The lowest BCUT2D eigenvalue weighted by atomic mass is 10.1. The van der Waals surface area contributed by atoms with Crippen molar-refractivity contribution in [3.05, 3.63) is 12.4 Å². The van der Waals surface area contributed by atoms with Crippen molar-refractivity contribution >= 4 is 11.9 Å². The highest BCUT2D eigenvalue weighted by Gasteiger charge is 2.26. The van der Waals surface area contributed by atoms with Gasteiger partial charge in [-0.05, 0) is 47.5 Å². The average molecular weight is 336 g/mol. The van der Waals surface area contributed by atoms with Gasteiger partial charge in [0.15, 0.2) is 5.82 Å². The monoisotopic (exact) mass is 336 g/mol. The molecule has 1 saturated heterocycles. The molecule has 1 aromatic heterocycles. The topological polar surface area (TPSA) is 76.6 Å². The van der Waals surface area contributed by atoms with Crippen LogP contribution in [0.25, 0.3) is 0 Å². The van der Waals surface area contributed by atoms with Crippen LogP contribution in [-0.4, -0.2) is 46.9 Å². The summed E-state index contributed by atoms with van der Waals surface area (Å²) in [5.41, 5.74) is -0.498. The molecular weight excluding hydrogens is 308 g/mol. The van der Waals surface area contributed by atoms with E-state index >= 15 is 0 Å². The van der Waals surface area contributed by atoms with Gasteiger partial charge in [0.1, 0.15) is 5.60 Å². The van der Waals surface area contributed by atoms with Gasteiger partial charge in [-0.1, -0.05) is 0 Å². The number of hydrogen-bond acceptors (Lipinski definition) is 6. The molecule has 1 fully saturated rings. The second kappa shape index (κ2) is 7.68. The van der Waals surface area contributed by atoms with Gasteiger partial charge in [-0.15, -0.1) is 0 Å². The number of carbonyl (C=O) groups excluding carboxylic acids is 1. The first-order chi connectivity index (χ1) is 11.2. The van der Waals surface area contributed by atoms with Crippen LogP contribution in [-0.2, 0) is 4.74 Å². The van der Waals surface area contributed by atoms with E-state index in [4.69, 9.17) is 9.47 Å². The number of hydrogen-bond donors (Lipinski definition) is 1. The third-order valence-electron chi connectivity index (χ3n) is 3.44. The quantitative estimate of drug-likeness (QED) is 0.911. The first-order valence-corrected chi connectivity index (χ1v) is 8.47. The maximum absolute atomic E-state index is 12.0. The van der Waals surface area contributed by atoms with Crippen LogP contribution in [0.3, 0.4) is 0 Å². The number of rotatable bonds is 4. The molecular formula is C17H28N4O3. The summed E-state index contributed by atoms with van der Waals surface area (Å²) >= 11 is 0. The SMILES string of the molecule is CC(C)Oc1nccnc1N1CCCC(NC(=O)OC(C)(C)C)C1. The summed E-state index contributed by atoms with van der Waals surface area (Å²) in [6, 6.07) is 0.0162. The number of carbonyl (C=O) groups is 1. The molecule has 7 heteroatoms. The Kier molecular flexibility index (Phi) is 5.85. The minimum atomic E-state index is -0.498. The van der Waals surface area contributed by atoms with Crippen LogP contribution >= 0.6 is 0 Å². The van der Waals surface area contributed by atoms with Crippen molar-refractivity contribution in [2.45, 2.75) is 65.2 Å². The molecule has 0 radical (unpaired) electrons. The summed E-state index contributed by atoms with van der Waals surface area (Å²) in [5.74, 6) is 1.26. The summed E-state index contributed by atoms with van der Waals surface area (Å²) in [6.45, 7) is 11.0. The van der Waals surface area contributed by atoms with E-state index in [0.717, 1.165) is 25.2 Å². The largest absolute Gasteiger partial charge is 0.472 e. The third kappa shape index (κ3) is 5.54. The van der Waals surface area contributed by atoms with E-state index in [2.05, 4.69) is 20.2 Å². The molecule has 0 saturated carbocycles. The Bertz CT molecular complexity index is 557. The molecule has 24 heavy (non-hydrogen) atoms. The molecule has 1 aliphatic heterocycles. The number of nitrogens with one attached hydrogen (secondary N) is 1. The van der Waals surface area contributed by atoms with E-state index < -0.39 is 5.60 Å². The molecule has 0 bridgehead atoms. The number of piperidine rings is 1. The van der Waals surface area contributed by atoms with E-state index in [1.165, 1.54) is 0 Å². The van der Waals surface area contributed by atoms with Gasteiger partial charge >= 0.3 is 6.09 Å². The highest BCUT2D eigenvalue weighted by molar-refractivity contribution is 5.68. The average Bonchev–Trinajstić information content (AvgIpc) is 2.45. The van der Waals surface area contributed by atoms with Gasteiger partial charge in [0.05, 0.1) is 6.10 Å². The Labute approximate surface area is 143 Å². The second-order valence-corrected chi connectivity index (χ2v) is 7.28. The summed E-state index contributed by atoms with van der Waals surface area (Å²) in [7, 11) is 0. The van der Waals surface area contributed by atoms with Crippen molar-refractivity contribution in [2.24, 2.45) is 0 Å². The molecule has 0 aromatic carbocycles. The maximum atomic E-state index is 12.0. The smallest absolute Gasteiger partial charge is 0.407 e. The molecule has 1 amide bonds. The van der Waals surface area contributed by atoms with E-state index in [-0.39, 0.29) is 18.2 Å². The van der Waals surface area contributed by atoms with Gasteiger partial charge in [0, 0.05) is 31.5 Å². The van der Waals surface area contributed by atoms with Crippen LogP contribution in [0.5, 0.6) is 5.88 Å². The fourth-order valence-electron chi connectivity index (χ4n) is 2.60. The molecule has 1 aliphatic rings. The summed E-state index contributed by atoms with van der Waals surface area (Å²) < 4.78 is 11.1. The van der Waals surface area contributed by atoms with Crippen LogP contribution in [0.1, 0.15) is 47.5 Å². The first kappa shape index (κ1) is 18.3. The Hall–Kier alpha value is -2.05. The van der Waals surface area contributed by atoms with E-state index in [0.29, 0.717) is 12.4 Å². The van der Waals surface area contributed by atoms with E-state index in [1.807, 2.05) is 34.6 Å². The van der Waals surface area contributed by atoms with Crippen LogP contribution in [0.4, 0.5) is 10.6 Å². The third-order valence-corrected chi connectivity index (χ3v) is 3.44. The normalized spacial score (nSPS) is 18.4. The molecule has 1 unspecified atom stereocenters. The van der Waals surface area contributed by atoms with Gasteiger partial charge < -0.3 is 19.7 Å². The fourth-order valence-corrected chi connectivity index (χ4v) is 2.60. The Balaban J connectivity index is 2.02. The number of amides is 1. The lowest BCUT2D eigenvalue weighted by Crippen LogP contribution is -2.49. The molecule has 2 rings (SSSR count). The van der Waals surface area contributed by atoms with Gasteiger partial charge in [0.25, 0.3) is 5.88 Å². The maximum Gasteiger partial charge on any atom is 0.407 e.